The molecule has 10 rings (SSSR count). The predicted molar refractivity (Wildman–Crippen MR) is 458 cm³/mol. The molecule has 19 nitrogen and oxygen atoms in total. The van der Waals surface area contributed by atoms with Gasteiger partial charge in [0.1, 0.15) is 18.2 Å². The van der Waals surface area contributed by atoms with Crippen LogP contribution in [-0.4, -0.2) is 101 Å². The Morgan fingerprint density at radius 1 is 0.559 bits per heavy atom. The number of hydrogen-bond donors (Lipinski definition) is 7. The fraction of sp³-hybridized carbons (Fsp3) is 0.446. The van der Waals surface area contributed by atoms with Crippen LogP contribution in [0.15, 0.2) is 158 Å². The number of nitrogens with one attached hydrogen (secondary N) is 3. The Balaban J connectivity index is 0.00000124. The van der Waals surface area contributed by atoms with E-state index in [1.165, 1.54) is 41.1 Å². The van der Waals surface area contributed by atoms with Gasteiger partial charge in [-0.1, -0.05) is 234 Å². The van der Waals surface area contributed by atoms with Gasteiger partial charge in [0.05, 0.1) is 63.8 Å². The minimum atomic E-state index is -0.943. The van der Waals surface area contributed by atoms with E-state index < -0.39 is 35.6 Å². The van der Waals surface area contributed by atoms with Gasteiger partial charge in [0, 0.05) is 53.1 Å². The quantitative estimate of drug-likeness (QED) is 0.0205. The number of aromatic amines is 1. The maximum absolute atomic E-state index is 12.8. The molecule has 3 aliphatic carbocycles. The van der Waals surface area contributed by atoms with E-state index in [9.17, 15) is 33.2 Å². The number of aliphatic carboxylic acids is 1. The molecular formula is C83H116B3Cl5FN10O9. The molecule has 3 aliphatic rings. The molecule has 603 valence electrons. The van der Waals surface area contributed by atoms with Gasteiger partial charge < -0.3 is 47.5 Å². The van der Waals surface area contributed by atoms with Crippen molar-refractivity contribution in [1.82, 2.24) is 41.5 Å². The fourth-order valence-corrected chi connectivity index (χ4v) is 11.4. The summed E-state index contributed by atoms with van der Waals surface area (Å²) in [6, 6.07) is 29.2. The second kappa shape index (κ2) is 55.5. The number of halogens is 6. The van der Waals surface area contributed by atoms with E-state index in [-0.39, 0.29) is 53.0 Å². The molecule has 3 fully saturated rings. The number of primary amides is 1. The topological polar surface area (TPSA) is 320 Å². The van der Waals surface area contributed by atoms with Crippen LogP contribution in [0.5, 0.6) is 0 Å². The maximum Gasteiger partial charge on any atom is 0.310 e. The number of pyridine rings is 2. The molecule has 111 heavy (non-hydrogen) atoms. The number of aromatic nitrogens is 5. The highest BCUT2D eigenvalue weighted by atomic mass is 35.5. The van der Waals surface area contributed by atoms with E-state index in [2.05, 4.69) is 147 Å². The van der Waals surface area contributed by atoms with Crippen molar-refractivity contribution in [2.45, 2.75) is 191 Å². The molecule has 4 heterocycles. The minimum Gasteiger partial charge on any atom is -0.481 e. The SMILES string of the molecule is C=C1C[C@H](C(=O)N[B]C)[C@@H](C(=O)OCC)C1.C=C1C[C@H](C(=O)O)[C@@H](C(=O)OCC)C1.CC(C)c1ccc(Cl)c(F)c1.CC(C)c1ccc(Cl)cn1.CC(C)c1ccc(Cl)nc1.CC(C)c1ccc2cc[nH]c2c1.CC(C)c1cccc(Cl)c1.CC(C)c1ncc(Cl)cn1.C[B]N.[2H]N.[2H]NC(=O)[C@H]1CC(=C)C[C@@H]1C(=O)N[B]C. The van der Waals surface area contributed by atoms with Gasteiger partial charge in [0.2, 0.25) is 32.6 Å². The van der Waals surface area contributed by atoms with Gasteiger partial charge in [-0.25, -0.2) is 19.3 Å². The summed E-state index contributed by atoms with van der Waals surface area (Å²) in [5.41, 5.74) is 16.4. The lowest BCUT2D eigenvalue weighted by molar-refractivity contribution is -0.156. The average molecular weight is 1630 g/mol. The normalized spacial score (nSPS) is 16.3. The van der Waals surface area contributed by atoms with Crippen LogP contribution in [0, 0.1) is 41.3 Å². The molecule has 7 aromatic rings. The molecule has 28 heteroatoms. The van der Waals surface area contributed by atoms with Crippen LogP contribution in [0.25, 0.3) is 10.9 Å². The molecule has 0 saturated heterocycles. The van der Waals surface area contributed by atoms with E-state index >= 15 is 0 Å². The summed E-state index contributed by atoms with van der Waals surface area (Å²) in [5, 5.41) is 18.2. The number of hydrogen-bond acceptors (Lipinski definition) is 14. The lowest BCUT2D eigenvalue weighted by atomic mass is 9.91. The van der Waals surface area contributed by atoms with Crippen molar-refractivity contribution < 1.29 is 50.6 Å². The molecule has 11 N–H and O–H groups in total. The lowest BCUT2D eigenvalue weighted by Gasteiger charge is -2.16. The van der Waals surface area contributed by atoms with Crippen molar-refractivity contribution in [2.24, 2.45) is 46.9 Å². The first-order valence-corrected chi connectivity index (χ1v) is 38.6. The molecule has 3 radical (unpaired) electrons. The maximum atomic E-state index is 12.8. The minimum absolute atomic E-state index is 0.126. The summed E-state index contributed by atoms with van der Waals surface area (Å²) < 4.78 is 34.6. The van der Waals surface area contributed by atoms with Crippen LogP contribution < -0.4 is 28.0 Å². The third kappa shape index (κ3) is 39.9. The Hall–Kier alpha value is -7.89. The van der Waals surface area contributed by atoms with Gasteiger partial charge in [0.25, 0.3) is 0 Å². The summed E-state index contributed by atoms with van der Waals surface area (Å²) in [7, 11) is 4.62. The van der Waals surface area contributed by atoms with Gasteiger partial charge >= 0.3 is 17.9 Å². The fourth-order valence-electron chi connectivity index (χ4n) is 10.8. The summed E-state index contributed by atoms with van der Waals surface area (Å²) >= 11 is 28.1. The number of esters is 2. The predicted octanol–water partition coefficient (Wildman–Crippen LogP) is 20.1. The van der Waals surface area contributed by atoms with E-state index in [1.807, 2.05) is 94.3 Å². The highest BCUT2D eigenvalue weighted by Crippen LogP contribution is 2.38. The Morgan fingerprint density at radius 2 is 1.01 bits per heavy atom. The summed E-state index contributed by atoms with van der Waals surface area (Å²) in [4.78, 5) is 87.9. The number of H-pyrrole nitrogens is 1. The molecule has 0 bridgehead atoms. The highest BCUT2D eigenvalue weighted by molar-refractivity contribution is 6.36. The summed E-state index contributed by atoms with van der Waals surface area (Å²) in [6.07, 6.45) is 15.4. The molecule has 0 unspecified atom stereocenters. The number of carboxylic acid groups (broad SMARTS) is 1. The number of carboxylic acids is 1. The zero-order valence-corrected chi connectivity index (χ0v) is 71.2. The van der Waals surface area contributed by atoms with Crippen LogP contribution in [0.2, 0.25) is 48.5 Å². The van der Waals surface area contributed by atoms with Gasteiger partial charge in [0.15, 0.2) is 8.83 Å². The highest BCUT2D eigenvalue weighted by Gasteiger charge is 2.42. The van der Waals surface area contributed by atoms with Crippen LogP contribution in [0.4, 0.5) is 4.39 Å². The number of allylic oxidation sites excluding steroid dienone is 3. The van der Waals surface area contributed by atoms with Crippen molar-refractivity contribution in [3.05, 3.63) is 223 Å². The van der Waals surface area contributed by atoms with Gasteiger partial charge in [-0.3, -0.25) is 33.8 Å². The van der Waals surface area contributed by atoms with E-state index in [4.69, 9.17) is 81.1 Å². The van der Waals surface area contributed by atoms with Gasteiger partial charge in [-0.15, -0.1) is 0 Å². The van der Waals surface area contributed by atoms with E-state index in [1.54, 1.807) is 73.8 Å². The molecule has 3 saturated carbocycles. The van der Waals surface area contributed by atoms with Crippen molar-refractivity contribution in [2.75, 3.05) is 13.2 Å². The molecule has 6 atom stereocenters. The monoisotopic (exact) mass is 1630 g/mol. The molecule has 0 spiro atoms. The number of nitrogens with two attached hydrogens (primary N) is 2. The second-order valence-electron chi connectivity index (χ2n) is 27.8. The Morgan fingerprint density at radius 3 is 1.42 bits per heavy atom. The lowest BCUT2D eigenvalue weighted by Crippen LogP contribution is -2.38. The van der Waals surface area contributed by atoms with Crippen molar-refractivity contribution in [1.29, 1.82) is 0 Å². The first-order chi connectivity index (χ1) is 53.3. The number of carbonyl (C=O) groups excluding carboxylic acids is 5. The standard InChI is InChI=1S/C11H17BNO3.C11H13N.C10H14O4.C9H14BN2O2.C9H10ClF.C9H11Cl.2C8H10ClN.C7H9ClN2.CH5BN.H3N/c1-4-16-11(15)9-6-7(2)5-8(9)10(14)13-12-3;1-8(2)10-4-3-9-5-6-12-11(9)7-10;1-3-14-10(13)8-5-6(2)4-7(8)9(11)12;1-5-3-6(8(11)13)7(4-5)9(14)12-10-2;1-6(2)7-3-4-8(10)9(11)5-7;1-7(2)8-4-3-5-9(10)6-8;1-6(2)8-4-3-7(9)5-10-8;1-6(2)7-3-4-8(9)10-5-7;1-5(2)7-9-3-6(8)4-10-7;1-2-3;/h8-9H,2,4-6H2,1,3H3,(H,13,14);3-8,12H,1-2H3;7-8H,2-5H2,1H3,(H,11,12);6-7H,1,3-4H2,2H3,(H2,11,13)(H,12,14);3-6H,1-2H3;3-7H,1-2H3;2*3-6H,1-2H3;3-5H,1-2H3;3H2,1H3;1H3/t8-,9-;;7-,8-;6-,7-;;;;;;;/m0.00......./s1/i/hD2. The Labute approximate surface area is 689 Å². The molecule has 3 amide bonds. The van der Waals surface area contributed by atoms with Crippen molar-refractivity contribution in [3.63, 3.8) is 0 Å². The first kappa shape index (κ1) is 99.2. The van der Waals surface area contributed by atoms with Crippen molar-refractivity contribution in [3.8, 4) is 0 Å². The number of rotatable bonds is 16. The van der Waals surface area contributed by atoms with Crippen LogP contribution in [-0.2, 0) is 38.2 Å². The molecular weight excluding hydrogens is 1510 g/mol. The largest absolute Gasteiger partial charge is 0.481 e. The zero-order valence-electron chi connectivity index (χ0n) is 69.4. The number of nitrogens with zero attached hydrogens (tertiary/aromatic N) is 4. The number of amides is 3. The second-order valence-corrected chi connectivity index (χ2v) is 29.9. The van der Waals surface area contributed by atoms with Gasteiger partial charge in [-0.05, 0) is 164 Å². The molecule has 4 aromatic heterocycles. The van der Waals surface area contributed by atoms with E-state index in [0.717, 1.165) is 38.8 Å². The number of carbonyl (C=O) groups is 6. The van der Waals surface area contributed by atoms with Crippen LogP contribution >= 0.6 is 58.0 Å². The Bertz CT molecular complexity index is 3860. The smallest absolute Gasteiger partial charge is 0.310 e. The summed E-state index contributed by atoms with van der Waals surface area (Å²) in [6.45, 7) is 46.0. The van der Waals surface area contributed by atoms with E-state index in [0.29, 0.717) is 95.8 Å². The average Bonchev–Trinajstić information content (AvgIpc) is 1.71. The Kier molecular flexibility index (Phi) is 49.6. The molecule has 0 aliphatic heterocycles. The van der Waals surface area contributed by atoms with Gasteiger partial charge in [-0.2, -0.15) is 0 Å². The number of benzene rings is 3. The van der Waals surface area contributed by atoms with Crippen LogP contribution in [0.3, 0.4) is 0 Å². The number of ether oxygens (including phenoxy) is 2. The first-order valence-electron chi connectivity index (χ1n) is 37.8. The molecule has 3 aromatic carbocycles. The third-order valence-electron chi connectivity index (χ3n) is 16.9. The van der Waals surface area contributed by atoms with Crippen LogP contribution in [0.1, 0.15) is 205 Å². The van der Waals surface area contributed by atoms with Crippen molar-refractivity contribution >= 4 is 127 Å². The zero-order chi connectivity index (χ0) is 86.2. The summed E-state index contributed by atoms with van der Waals surface area (Å²) in [5.74, 6) is -1.68. The third-order valence-corrected chi connectivity index (χ3v) is 18.1. The number of fused-ring (bicyclic) bond motifs is 1.